The number of nitrogens with two attached hydrogens (primary N) is 1. The predicted octanol–water partition coefficient (Wildman–Crippen LogP) is 0.519. The summed E-state index contributed by atoms with van der Waals surface area (Å²) in [7, 11) is 1.67. The number of carbonyl (C=O) groups excluding carboxylic acids is 1. The van der Waals surface area contributed by atoms with Crippen LogP contribution in [0.4, 0.5) is 0 Å². The van der Waals surface area contributed by atoms with Gasteiger partial charge in [0.05, 0.1) is 0 Å². The first-order valence-electron chi connectivity index (χ1n) is 5.03. The molecule has 1 aromatic carbocycles. The molecule has 0 bridgehead atoms. The van der Waals surface area contributed by atoms with Crippen LogP contribution in [0, 0.1) is 0 Å². The summed E-state index contributed by atoms with van der Waals surface area (Å²) in [5.41, 5.74) is 5.69. The van der Waals surface area contributed by atoms with Gasteiger partial charge in [-0.15, -0.1) is 0 Å². The first kappa shape index (κ1) is 12.3. The van der Waals surface area contributed by atoms with E-state index in [1.165, 1.54) is 23.1 Å². The molecule has 0 fully saturated rings. The molecule has 0 unspecified atom stereocenters. The molecule has 0 aliphatic carbocycles. The van der Waals surface area contributed by atoms with Gasteiger partial charge in [0, 0.05) is 19.2 Å². The minimum absolute atomic E-state index is 0.205. The number of amides is 1. The van der Waals surface area contributed by atoms with E-state index < -0.39 is 0 Å². The summed E-state index contributed by atoms with van der Waals surface area (Å²) < 4.78 is 0. The number of benzene rings is 1. The minimum atomic E-state index is -0.293. The smallest absolute Gasteiger partial charge is 0.253 e. The molecule has 0 saturated heterocycles. The predicted molar refractivity (Wildman–Crippen MR) is 60.4 cm³/mol. The molecule has 4 N–H and O–H groups in total. The minimum Gasteiger partial charge on any atom is -0.504 e. The van der Waals surface area contributed by atoms with Crippen molar-refractivity contribution in [1.29, 1.82) is 0 Å². The molecule has 0 radical (unpaired) electrons. The van der Waals surface area contributed by atoms with E-state index in [9.17, 15) is 9.90 Å². The standard InChI is InChI=1S/C11H16N2O3/c1-13(6-2-5-12)11(16)8-3-4-9(14)10(15)7-8/h3-4,7,14-15H,2,5-6,12H2,1H3. The van der Waals surface area contributed by atoms with Gasteiger partial charge in [-0.3, -0.25) is 4.79 Å². The normalized spacial score (nSPS) is 10.1. The summed E-state index contributed by atoms with van der Waals surface area (Å²) in [6.07, 6.45) is 0.728. The van der Waals surface area contributed by atoms with E-state index in [-0.39, 0.29) is 17.4 Å². The number of phenols is 2. The molecule has 5 heteroatoms. The maximum absolute atomic E-state index is 11.8. The monoisotopic (exact) mass is 224 g/mol. The van der Waals surface area contributed by atoms with Gasteiger partial charge >= 0.3 is 0 Å². The number of hydrogen-bond acceptors (Lipinski definition) is 4. The molecule has 0 saturated carbocycles. The molecule has 0 aliphatic heterocycles. The number of carbonyl (C=O) groups is 1. The Morgan fingerprint density at radius 3 is 2.62 bits per heavy atom. The maximum atomic E-state index is 11.8. The van der Waals surface area contributed by atoms with Crippen molar-refractivity contribution in [2.45, 2.75) is 6.42 Å². The van der Waals surface area contributed by atoms with E-state index in [2.05, 4.69) is 0 Å². The average Bonchev–Trinajstić information content (AvgIpc) is 2.28. The lowest BCUT2D eigenvalue weighted by molar-refractivity contribution is 0.0794. The lowest BCUT2D eigenvalue weighted by Crippen LogP contribution is -2.28. The molecule has 1 aromatic rings. The van der Waals surface area contributed by atoms with Crippen LogP contribution in [0.1, 0.15) is 16.8 Å². The average molecular weight is 224 g/mol. The highest BCUT2D eigenvalue weighted by Gasteiger charge is 2.12. The van der Waals surface area contributed by atoms with Crippen LogP contribution in [0.5, 0.6) is 11.5 Å². The van der Waals surface area contributed by atoms with E-state index in [0.29, 0.717) is 18.7 Å². The molecule has 0 heterocycles. The molecule has 5 nitrogen and oxygen atoms in total. The summed E-state index contributed by atoms with van der Waals surface area (Å²) in [6.45, 7) is 1.09. The van der Waals surface area contributed by atoms with Crippen LogP contribution in [0.15, 0.2) is 18.2 Å². The van der Waals surface area contributed by atoms with E-state index >= 15 is 0 Å². The number of hydrogen-bond donors (Lipinski definition) is 3. The van der Waals surface area contributed by atoms with Crippen molar-refractivity contribution in [3.8, 4) is 11.5 Å². The summed E-state index contributed by atoms with van der Waals surface area (Å²) in [5, 5.41) is 18.4. The molecular weight excluding hydrogens is 208 g/mol. The third-order valence-corrected chi connectivity index (χ3v) is 2.27. The zero-order valence-corrected chi connectivity index (χ0v) is 9.18. The Morgan fingerprint density at radius 1 is 1.38 bits per heavy atom. The zero-order chi connectivity index (χ0) is 12.1. The van der Waals surface area contributed by atoms with Gasteiger partial charge in [0.15, 0.2) is 11.5 Å². The van der Waals surface area contributed by atoms with Gasteiger partial charge in [-0.1, -0.05) is 0 Å². The lowest BCUT2D eigenvalue weighted by Gasteiger charge is -2.16. The van der Waals surface area contributed by atoms with E-state index in [1.54, 1.807) is 7.05 Å². The van der Waals surface area contributed by atoms with Gasteiger partial charge in [-0.25, -0.2) is 0 Å². The van der Waals surface area contributed by atoms with Gasteiger partial charge in [0.2, 0.25) is 0 Å². The van der Waals surface area contributed by atoms with Gasteiger partial charge in [0.1, 0.15) is 0 Å². The maximum Gasteiger partial charge on any atom is 0.253 e. The third kappa shape index (κ3) is 2.87. The molecule has 16 heavy (non-hydrogen) atoms. The molecule has 0 spiro atoms. The van der Waals surface area contributed by atoms with Crippen molar-refractivity contribution in [3.05, 3.63) is 23.8 Å². The highest BCUT2D eigenvalue weighted by atomic mass is 16.3. The third-order valence-electron chi connectivity index (χ3n) is 2.27. The molecule has 0 aromatic heterocycles. The number of aromatic hydroxyl groups is 2. The van der Waals surface area contributed by atoms with Crippen LogP contribution in [0.2, 0.25) is 0 Å². The van der Waals surface area contributed by atoms with Crippen LogP contribution in [-0.2, 0) is 0 Å². The highest BCUT2D eigenvalue weighted by Crippen LogP contribution is 2.25. The van der Waals surface area contributed by atoms with E-state index in [4.69, 9.17) is 10.8 Å². The SMILES string of the molecule is CN(CCCN)C(=O)c1ccc(O)c(O)c1. The van der Waals surface area contributed by atoms with Crippen molar-refractivity contribution in [2.24, 2.45) is 5.73 Å². The summed E-state index contributed by atoms with van der Waals surface area (Å²) in [4.78, 5) is 13.3. The fourth-order valence-electron chi connectivity index (χ4n) is 1.31. The van der Waals surface area contributed by atoms with Crippen molar-refractivity contribution >= 4 is 5.91 Å². The second kappa shape index (κ2) is 5.37. The zero-order valence-electron chi connectivity index (χ0n) is 9.18. The fraction of sp³-hybridized carbons (Fsp3) is 0.364. The Kier molecular flexibility index (Phi) is 4.13. The van der Waals surface area contributed by atoms with Gasteiger partial charge in [0.25, 0.3) is 5.91 Å². The molecule has 0 aliphatic rings. The first-order valence-corrected chi connectivity index (χ1v) is 5.03. The van der Waals surface area contributed by atoms with Gasteiger partial charge < -0.3 is 20.8 Å². The van der Waals surface area contributed by atoms with Crippen molar-refractivity contribution in [2.75, 3.05) is 20.1 Å². The Balaban J connectivity index is 2.76. The van der Waals surface area contributed by atoms with Crippen molar-refractivity contribution < 1.29 is 15.0 Å². The molecular formula is C11H16N2O3. The van der Waals surface area contributed by atoms with Crippen molar-refractivity contribution in [3.63, 3.8) is 0 Å². The second-order valence-electron chi connectivity index (χ2n) is 3.57. The molecule has 1 rings (SSSR count). The highest BCUT2D eigenvalue weighted by molar-refractivity contribution is 5.94. The Bertz CT molecular complexity index is 379. The molecule has 0 atom stereocenters. The van der Waals surface area contributed by atoms with Crippen LogP contribution in [0.3, 0.4) is 0 Å². The number of phenolic OH excluding ortho intramolecular Hbond substituents is 2. The second-order valence-corrected chi connectivity index (χ2v) is 3.57. The summed E-state index contributed by atoms with van der Waals surface area (Å²) in [6, 6.07) is 4.01. The van der Waals surface area contributed by atoms with Gasteiger partial charge in [-0.05, 0) is 31.2 Å². The summed E-state index contributed by atoms with van der Waals surface area (Å²) in [5.74, 6) is -0.733. The molecule has 1 amide bonds. The van der Waals surface area contributed by atoms with Crippen LogP contribution >= 0.6 is 0 Å². The molecule has 88 valence electrons. The van der Waals surface area contributed by atoms with Crippen molar-refractivity contribution in [1.82, 2.24) is 4.90 Å². The van der Waals surface area contributed by atoms with Crippen LogP contribution in [-0.4, -0.2) is 41.2 Å². The van der Waals surface area contributed by atoms with E-state index in [0.717, 1.165) is 6.42 Å². The number of rotatable bonds is 4. The Labute approximate surface area is 94.1 Å². The first-order chi connectivity index (χ1) is 7.56. The van der Waals surface area contributed by atoms with Crippen LogP contribution < -0.4 is 5.73 Å². The van der Waals surface area contributed by atoms with E-state index in [1.807, 2.05) is 0 Å². The van der Waals surface area contributed by atoms with Crippen LogP contribution in [0.25, 0.3) is 0 Å². The Hall–Kier alpha value is -1.75. The fourth-order valence-corrected chi connectivity index (χ4v) is 1.31. The quantitative estimate of drug-likeness (QED) is 0.651. The van der Waals surface area contributed by atoms with Gasteiger partial charge in [-0.2, -0.15) is 0 Å². The Morgan fingerprint density at radius 2 is 2.06 bits per heavy atom. The lowest BCUT2D eigenvalue weighted by atomic mass is 10.1. The topological polar surface area (TPSA) is 86.8 Å². The summed E-state index contributed by atoms with van der Waals surface area (Å²) >= 11 is 0. The number of nitrogens with zero attached hydrogens (tertiary/aromatic N) is 1. The largest absolute Gasteiger partial charge is 0.504 e.